The Balaban J connectivity index is 2.74. The minimum atomic E-state index is 0.171. The Kier molecular flexibility index (Phi) is 1.73. The zero-order chi connectivity index (χ0) is 9.26. The van der Waals surface area contributed by atoms with Gasteiger partial charge in [0.15, 0.2) is 11.9 Å². The third-order valence-electron chi connectivity index (χ3n) is 1.73. The molecule has 0 aliphatic rings. The molecular weight excluding hydrogens is 170 g/mol. The van der Waals surface area contributed by atoms with Crippen LogP contribution in [0.3, 0.4) is 0 Å². The summed E-state index contributed by atoms with van der Waals surface area (Å²) in [6, 6.07) is 5.14. The number of methoxy groups -OCH3 is 1. The van der Waals surface area contributed by atoms with E-state index in [0.29, 0.717) is 16.7 Å². The summed E-state index contributed by atoms with van der Waals surface area (Å²) in [6.07, 6.45) is 0.911. The van der Waals surface area contributed by atoms with Crippen molar-refractivity contribution in [2.45, 2.75) is 0 Å². The third-order valence-corrected chi connectivity index (χ3v) is 1.73. The van der Waals surface area contributed by atoms with Crippen molar-refractivity contribution in [1.82, 2.24) is 4.98 Å². The maximum Gasteiger partial charge on any atom is 0.394 e. The van der Waals surface area contributed by atoms with E-state index < -0.39 is 0 Å². The largest absolute Gasteiger partial charge is 0.453 e. The molecule has 1 aromatic heterocycles. The molecule has 0 aliphatic carbocycles. The monoisotopic (exact) mass is 177 g/mol. The summed E-state index contributed by atoms with van der Waals surface area (Å²) in [5, 5.41) is 0. The van der Waals surface area contributed by atoms with Crippen molar-refractivity contribution in [2.75, 3.05) is 7.11 Å². The lowest BCUT2D eigenvalue weighted by Gasteiger charge is -1.87. The first-order valence-electron chi connectivity index (χ1n) is 3.74. The Morgan fingerprint density at radius 3 is 3.08 bits per heavy atom. The first-order chi connectivity index (χ1) is 6.35. The average Bonchev–Trinajstić information content (AvgIpc) is 2.59. The molecule has 66 valence electrons. The lowest BCUT2D eigenvalue weighted by Crippen LogP contribution is -1.83. The van der Waals surface area contributed by atoms with Crippen LogP contribution in [-0.2, 0) is 0 Å². The van der Waals surface area contributed by atoms with E-state index >= 15 is 0 Å². The van der Waals surface area contributed by atoms with Gasteiger partial charge in [0.25, 0.3) is 0 Å². The fourth-order valence-electron chi connectivity index (χ4n) is 1.13. The molecule has 4 heteroatoms. The van der Waals surface area contributed by atoms with E-state index in [0.717, 1.165) is 6.29 Å². The van der Waals surface area contributed by atoms with E-state index in [4.69, 9.17) is 9.15 Å². The molecule has 0 N–H and O–H groups in total. The predicted molar refractivity (Wildman–Crippen MR) is 45.9 cm³/mol. The summed E-state index contributed by atoms with van der Waals surface area (Å²) in [5.74, 6) is 0. The van der Waals surface area contributed by atoms with E-state index in [9.17, 15) is 4.79 Å². The Morgan fingerprint density at radius 2 is 2.38 bits per heavy atom. The lowest BCUT2D eigenvalue weighted by atomic mass is 10.2. The van der Waals surface area contributed by atoms with Crippen LogP contribution in [0, 0.1) is 0 Å². The summed E-state index contributed by atoms with van der Waals surface area (Å²) in [5.41, 5.74) is 1.60. The highest BCUT2D eigenvalue weighted by molar-refractivity contribution is 5.93. The van der Waals surface area contributed by atoms with Gasteiger partial charge in [0.05, 0.1) is 7.11 Å². The van der Waals surface area contributed by atoms with Crippen molar-refractivity contribution in [3.63, 3.8) is 0 Å². The first-order valence-corrected chi connectivity index (χ1v) is 3.74. The van der Waals surface area contributed by atoms with Gasteiger partial charge in [0.2, 0.25) is 0 Å². The van der Waals surface area contributed by atoms with E-state index in [1.807, 2.05) is 0 Å². The molecule has 0 unspecified atom stereocenters. The Labute approximate surface area is 74.1 Å². The van der Waals surface area contributed by atoms with Gasteiger partial charge in [-0.05, 0) is 12.1 Å². The van der Waals surface area contributed by atoms with Crippen LogP contribution in [0.5, 0.6) is 6.08 Å². The number of ether oxygens (including phenoxy) is 1. The first kappa shape index (κ1) is 7.79. The molecule has 0 fully saturated rings. The zero-order valence-electron chi connectivity index (χ0n) is 6.98. The van der Waals surface area contributed by atoms with Gasteiger partial charge in [-0.3, -0.25) is 4.79 Å². The summed E-state index contributed by atoms with van der Waals surface area (Å²) in [7, 11) is 1.46. The fourth-order valence-corrected chi connectivity index (χ4v) is 1.13. The van der Waals surface area contributed by atoms with Crippen LogP contribution in [0.15, 0.2) is 22.6 Å². The fraction of sp³-hybridized carbons (Fsp3) is 0.111. The predicted octanol–water partition coefficient (Wildman–Crippen LogP) is 1.65. The van der Waals surface area contributed by atoms with Crippen LogP contribution in [0.2, 0.25) is 0 Å². The van der Waals surface area contributed by atoms with Gasteiger partial charge in [-0.1, -0.05) is 6.07 Å². The van der Waals surface area contributed by atoms with Crippen LogP contribution in [-0.4, -0.2) is 18.4 Å². The quantitative estimate of drug-likeness (QED) is 0.654. The number of aldehydes is 1. The average molecular weight is 177 g/mol. The number of oxazole rings is 1. The molecule has 13 heavy (non-hydrogen) atoms. The second-order valence-electron chi connectivity index (χ2n) is 2.50. The number of rotatable bonds is 2. The highest BCUT2D eigenvalue weighted by atomic mass is 16.6. The molecule has 2 rings (SSSR count). The van der Waals surface area contributed by atoms with Crippen molar-refractivity contribution in [3.05, 3.63) is 23.8 Å². The van der Waals surface area contributed by atoms with Gasteiger partial charge in [-0.2, -0.15) is 4.98 Å². The molecular formula is C9H7NO3. The lowest BCUT2D eigenvalue weighted by molar-refractivity contribution is 0.112. The number of carbonyl (C=O) groups is 1. The van der Waals surface area contributed by atoms with Gasteiger partial charge in [-0.25, -0.2) is 0 Å². The molecule has 0 saturated carbocycles. The second kappa shape index (κ2) is 2.90. The SMILES string of the molecule is COc1nc2c(C=O)cccc2o1. The number of carbonyl (C=O) groups excluding carboxylic acids is 1. The molecule has 0 amide bonds. The highest BCUT2D eigenvalue weighted by Gasteiger charge is 2.08. The van der Waals surface area contributed by atoms with Gasteiger partial charge < -0.3 is 9.15 Å². The minimum Gasteiger partial charge on any atom is -0.453 e. The Bertz CT molecular complexity index is 447. The van der Waals surface area contributed by atoms with Gasteiger partial charge in [0.1, 0.15) is 5.52 Å². The second-order valence-corrected chi connectivity index (χ2v) is 2.50. The molecule has 0 aliphatic heterocycles. The van der Waals surface area contributed by atoms with Crippen LogP contribution < -0.4 is 4.74 Å². The number of nitrogens with zero attached hydrogens (tertiary/aromatic N) is 1. The number of hydrogen-bond acceptors (Lipinski definition) is 4. The minimum absolute atomic E-state index is 0.171. The van der Waals surface area contributed by atoms with Gasteiger partial charge in [-0.15, -0.1) is 0 Å². The summed E-state index contributed by atoms with van der Waals surface area (Å²) in [6.45, 7) is 0. The standard InChI is InChI=1S/C9H7NO3/c1-12-9-10-8-6(5-11)3-2-4-7(8)13-9/h2-5H,1H3. The highest BCUT2D eigenvalue weighted by Crippen LogP contribution is 2.22. The third kappa shape index (κ3) is 1.16. The molecule has 1 aromatic carbocycles. The van der Waals surface area contributed by atoms with Crippen molar-refractivity contribution >= 4 is 17.4 Å². The van der Waals surface area contributed by atoms with Crippen LogP contribution in [0.25, 0.3) is 11.1 Å². The van der Waals surface area contributed by atoms with E-state index in [1.165, 1.54) is 7.11 Å². The molecule has 0 spiro atoms. The Morgan fingerprint density at radius 1 is 1.54 bits per heavy atom. The van der Waals surface area contributed by atoms with Crippen molar-refractivity contribution in [2.24, 2.45) is 0 Å². The summed E-state index contributed by atoms with van der Waals surface area (Å²) >= 11 is 0. The molecule has 0 bridgehead atoms. The van der Waals surface area contributed by atoms with Gasteiger partial charge in [0, 0.05) is 5.56 Å². The number of benzene rings is 1. The maximum atomic E-state index is 10.6. The Hall–Kier alpha value is -1.84. The molecule has 1 heterocycles. The number of hydrogen-bond donors (Lipinski definition) is 0. The number of aromatic nitrogens is 1. The number of fused-ring (bicyclic) bond motifs is 1. The van der Waals surface area contributed by atoms with Crippen molar-refractivity contribution < 1.29 is 13.9 Å². The molecule has 0 radical (unpaired) electrons. The molecule has 0 atom stereocenters. The van der Waals surface area contributed by atoms with Crippen molar-refractivity contribution in [3.8, 4) is 6.08 Å². The van der Waals surface area contributed by atoms with E-state index in [1.54, 1.807) is 18.2 Å². The summed E-state index contributed by atoms with van der Waals surface area (Å²) in [4.78, 5) is 14.6. The van der Waals surface area contributed by atoms with Crippen LogP contribution >= 0.6 is 0 Å². The molecule has 0 saturated heterocycles. The van der Waals surface area contributed by atoms with E-state index in [-0.39, 0.29) is 6.08 Å². The van der Waals surface area contributed by atoms with Gasteiger partial charge >= 0.3 is 6.08 Å². The van der Waals surface area contributed by atoms with Crippen molar-refractivity contribution in [1.29, 1.82) is 0 Å². The van der Waals surface area contributed by atoms with Crippen LogP contribution in [0.4, 0.5) is 0 Å². The zero-order valence-corrected chi connectivity index (χ0v) is 6.98. The topological polar surface area (TPSA) is 52.3 Å². The molecule has 2 aromatic rings. The smallest absolute Gasteiger partial charge is 0.394 e. The van der Waals surface area contributed by atoms with E-state index in [2.05, 4.69) is 4.98 Å². The van der Waals surface area contributed by atoms with Crippen LogP contribution in [0.1, 0.15) is 10.4 Å². The summed E-state index contributed by atoms with van der Waals surface area (Å²) < 4.78 is 9.97. The molecule has 4 nitrogen and oxygen atoms in total. The maximum absolute atomic E-state index is 10.6. The normalized spacial score (nSPS) is 10.2. The number of para-hydroxylation sites is 1.